The van der Waals surface area contributed by atoms with Crippen LogP contribution in [0.1, 0.15) is 64.6 Å². The van der Waals surface area contributed by atoms with Gasteiger partial charge in [0.25, 0.3) is 5.91 Å². The van der Waals surface area contributed by atoms with Crippen molar-refractivity contribution in [2.45, 2.75) is 51.2 Å². The molecule has 0 bridgehead atoms. The Morgan fingerprint density at radius 2 is 1.97 bits per heavy atom. The zero-order valence-electron chi connectivity index (χ0n) is 20.8. The van der Waals surface area contributed by atoms with Gasteiger partial charge in [-0.3, -0.25) is 14.7 Å². The minimum absolute atomic E-state index is 0.0500. The van der Waals surface area contributed by atoms with Crippen molar-refractivity contribution in [3.63, 3.8) is 0 Å². The quantitative estimate of drug-likeness (QED) is 0.357. The van der Waals surface area contributed by atoms with Crippen LogP contribution in [-0.4, -0.2) is 42.8 Å². The number of likely N-dealkylation sites (tertiary alicyclic amines) is 1. The molecule has 1 aliphatic rings. The molecule has 1 aromatic carbocycles. The minimum Gasteiger partial charge on any atom is -0.329 e. The molecule has 4 aromatic rings. The molecule has 0 saturated carbocycles. The van der Waals surface area contributed by atoms with Gasteiger partial charge in [0.1, 0.15) is 11.3 Å². The summed E-state index contributed by atoms with van der Waals surface area (Å²) in [5.41, 5.74) is 2.22. The van der Waals surface area contributed by atoms with E-state index < -0.39 is 11.7 Å². The van der Waals surface area contributed by atoms with Crippen molar-refractivity contribution >= 4 is 23.3 Å². The number of nitrogens with one attached hydrogen (secondary N) is 2. The third kappa shape index (κ3) is 5.41. The highest BCUT2D eigenvalue weighted by atomic mass is 19.4. The Morgan fingerprint density at radius 1 is 1.16 bits per heavy atom. The molecule has 0 radical (unpaired) electrons. The van der Waals surface area contributed by atoms with Gasteiger partial charge in [-0.25, -0.2) is 4.98 Å². The van der Waals surface area contributed by atoms with Gasteiger partial charge in [-0.15, -0.1) is 0 Å². The second kappa shape index (κ2) is 10.3. The van der Waals surface area contributed by atoms with Crippen molar-refractivity contribution in [2.24, 2.45) is 0 Å². The molecule has 38 heavy (non-hydrogen) atoms. The first kappa shape index (κ1) is 25.5. The number of pyridine rings is 1. The van der Waals surface area contributed by atoms with Crippen molar-refractivity contribution in [3.05, 3.63) is 82.9 Å². The molecule has 1 saturated heterocycles. The number of fused-ring (bicyclic) bond motifs is 1. The minimum atomic E-state index is -4.50. The van der Waals surface area contributed by atoms with Gasteiger partial charge in [0.2, 0.25) is 5.91 Å². The number of piperidine rings is 1. The van der Waals surface area contributed by atoms with Crippen molar-refractivity contribution in [1.29, 1.82) is 0 Å². The predicted molar refractivity (Wildman–Crippen MR) is 135 cm³/mol. The third-order valence-corrected chi connectivity index (χ3v) is 6.88. The number of imidazole rings is 1. The fourth-order valence-electron chi connectivity index (χ4n) is 4.82. The molecule has 2 N–H and O–H groups in total. The van der Waals surface area contributed by atoms with Gasteiger partial charge in [0.05, 0.1) is 17.3 Å². The summed E-state index contributed by atoms with van der Waals surface area (Å²) in [6, 6.07) is 11.2. The number of halogens is 3. The lowest BCUT2D eigenvalue weighted by atomic mass is 9.99. The summed E-state index contributed by atoms with van der Waals surface area (Å²) in [4.78, 5) is 31.7. The zero-order chi connectivity index (χ0) is 26.9. The average molecular weight is 525 g/mol. The number of aromatic amines is 1. The van der Waals surface area contributed by atoms with Crippen LogP contribution < -0.4 is 5.32 Å². The number of anilines is 1. The Labute approximate surface area is 216 Å². The van der Waals surface area contributed by atoms with E-state index in [9.17, 15) is 22.8 Å². The molecule has 8 nitrogen and oxygen atoms in total. The lowest BCUT2D eigenvalue weighted by Crippen LogP contribution is -2.38. The van der Waals surface area contributed by atoms with E-state index >= 15 is 0 Å². The molecule has 1 atom stereocenters. The first-order valence-electron chi connectivity index (χ1n) is 12.5. The standard InChI is InChI=1S/C27H27F3N6O2/c1-17-6-2-3-7-18(17)9-10-25(37)32-23-15-20(33-34-23)22-8-4-5-12-36(22)26(38)21-16-35-13-11-19(27(28,29)30)14-24(35)31-21/h2-3,6-7,11,13-16,22H,4-5,8-10,12H2,1H3,(H2,32,33,34,37). The molecule has 0 aliphatic carbocycles. The smallest absolute Gasteiger partial charge is 0.329 e. The van der Waals surface area contributed by atoms with Crippen LogP contribution in [0.15, 0.2) is 54.9 Å². The maximum atomic E-state index is 13.4. The second-order valence-electron chi connectivity index (χ2n) is 9.50. The van der Waals surface area contributed by atoms with Crippen molar-refractivity contribution in [2.75, 3.05) is 11.9 Å². The normalized spacial score (nSPS) is 16.1. The van der Waals surface area contributed by atoms with Crippen molar-refractivity contribution in [3.8, 4) is 0 Å². The monoisotopic (exact) mass is 524 g/mol. The summed E-state index contributed by atoms with van der Waals surface area (Å²) < 4.78 is 40.6. The van der Waals surface area contributed by atoms with Gasteiger partial charge in [0.15, 0.2) is 5.82 Å². The Hall–Kier alpha value is -4.15. The van der Waals surface area contributed by atoms with E-state index in [0.717, 1.165) is 36.1 Å². The Balaban J connectivity index is 1.28. The highest BCUT2D eigenvalue weighted by Gasteiger charge is 2.33. The average Bonchev–Trinajstić information content (AvgIpc) is 3.54. The van der Waals surface area contributed by atoms with Crippen LogP contribution in [0.5, 0.6) is 0 Å². The first-order valence-corrected chi connectivity index (χ1v) is 12.5. The van der Waals surface area contributed by atoms with Crippen molar-refractivity contribution < 1.29 is 22.8 Å². The number of aryl methyl sites for hydroxylation is 2. The van der Waals surface area contributed by atoms with E-state index in [2.05, 4.69) is 20.5 Å². The lowest BCUT2D eigenvalue weighted by Gasteiger charge is -2.34. The number of benzene rings is 1. The number of hydrogen-bond donors (Lipinski definition) is 2. The molecule has 1 fully saturated rings. The molecule has 11 heteroatoms. The van der Waals surface area contributed by atoms with Gasteiger partial charge in [-0.2, -0.15) is 18.3 Å². The number of aromatic nitrogens is 4. The highest BCUT2D eigenvalue weighted by Crippen LogP contribution is 2.33. The number of alkyl halides is 3. The van der Waals surface area contributed by atoms with Crippen LogP contribution in [0.25, 0.3) is 5.65 Å². The third-order valence-electron chi connectivity index (χ3n) is 6.88. The number of H-pyrrole nitrogens is 1. The summed E-state index contributed by atoms with van der Waals surface area (Å²) in [5, 5.41) is 9.97. The molecular formula is C27H27F3N6O2. The zero-order valence-corrected chi connectivity index (χ0v) is 20.8. The topological polar surface area (TPSA) is 95.4 Å². The SMILES string of the molecule is Cc1ccccc1CCC(=O)Nc1cc(C2CCCCN2C(=O)c2cn3ccc(C(F)(F)F)cc3n2)[nH]n1. The number of hydrogen-bond acceptors (Lipinski definition) is 4. The Kier molecular flexibility index (Phi) is 6.92. The Morgan fingerprint density at radius 3 is 2.76 bits per heavy atom. The largest absolute Gasteiger partial charge is 0.416 e. The maximum Gasteiger partial charge on any atom is 0.416 e. The van der Waals surface area contributed by atoms with E-state index in [0.29, 0.717) is 37.3 Å². The summed E-state index contributed by atoms with van der Waals surface area (Å²) in [6.07, 6.45) is 1.49. The number of carbonyl (C=O) groups excluding carboxylic acids is 2. The summed E-state index contributed by atoms with van der Waals surface area (Å²) in [7, 11) is 0. The Bertz CT molecular complexity index is 1480. The van der Waals surface area contributed by atoms with Crippen LogP contribution in [0, 0.1) is 6.92 Å². The number of nitrogens with zero attached hydrogens (tertiary/aromatic N) is 4. The molecule has 4 heterocycles. The molecule has 5 rings (SSSR count). The van der Waals surface area contributed by atoms with Gasteiger partial charge < -0.3 is 14.6 Å². The van der Waals surface area contributed by atoms with E-state index in [1.807, 2.05) is 31.2 Å². The molecule has 0 spiro atoms. The maximum absolute atomic E-state index is 13.4. The predicted octanol–water partition coefficient (Wildman–Crippen LogP) is 5.32. The first-order chi connectivity index (χ1) is 18.2. The fraction of sp³-hybridized carbons (Fsp3) is 0.333. The molecule has 198 valence electrons. The van der Waals surface area contributed by atoms with Crippen LogP contribution in [0.3, 0.4) is 0 Å². The van der Waals surface area contributed by atoms with E-state index in [-0.39, 0.29) is 29.2 Å². The van der Waals surface area contributed by atoms with Crippen LogP contribution >= 0.6 is 0 Å². The van der Waals surface area contributed by atoms with Gasteiger partial charge in [0, 0.05) is 31.4 Å². The van der Waals surface area contributed by atoms with E-state index in [1.165, 1.54) is 16.8 Å². The molecule has 3 aromatic heterocycles. The highest BCUT2D eigenvalue weighted by molar-refractivity contribution is 5.93. The summed E-state index contributed by atoms with van der Waals surface area (Å²) >= 11 is 0. The van der Waals surface area contributed by atoms with Crippen molar-refractivity contribution in [1.82, 2.24) is 24.5 Å². The summed E-state index contributed by atoms with van der Waals surface area (Å²) in [5.74, 6) is -0.156. The number of rotatable bonds is 6. The second-order valence-corrected chi connectivity index (χ2v) is 9.50. The molecule has 2 amide bonds. The van der Waals surface area contributed by atoms with E-state index in [4.69, 9.17) is 0 Å². The van der Waals surface area contributed by atoms with Gasteiger partial charge in [-0.1, -0.05) is 24.3 Å². The van der Waals surface area contributed by atoms with Crippen LogP contribution in [-0.2, 0) is 17.4 Å². The van der Waals surface area contributed by atoms with Gasteiger partial charge in [-0.05, 0) is 55.9 Å². The molecular weight excluding hydrogens is 497 g/mol. The van der Waals surface area contributed by atoms with Gasteiger partial charge >= 0.3 is 6.18 Å². The van der Waals surface area contributed by atoms with Crippen LogP contribution in [0.4, 0.5) is 19.0 Å². The number of amides is 2. The molecule has 1 unspecified atom stereocenters. The number of carbonyl (C=O) groups is 2. The molecule has 1 aliphatic heterocycles. The lowest BCUT2D eigenvalue weighted by molar-refractivity contribution is -0.137. The van der Waals surface area contributed by atoms with E-state index in [1.54, 1.807) is 11.0 Å². The fourth-order valence-corrected chi connectivity index (χ4v) is 4.82. The van der Waals surface area contributed by atoms with Crippen LogP contribution in [0.2, 0.25) is 0 Å². The summed E-state index contributed by atoms with van der Waals surface area (Å²) in [6.45, 7) is 2.48.